The van der Waals surface area contributed by atoms with Crippen LogP contribution in [0.15, 0.2) is 97.1 Å². The molecule has 0 amide bonds. The third-order valence-corrected chi connectivity index (χ3v) is 9.70. The van der Waals surface area contributed by atoms with E-state index in [1.807, 2.05) is 13.0 Å². The topological polar surface area (TPSA) is 76.0 Å². The standard InChI is InChI=1S/C44H54O5/c1-6-9-10-11-33-12-14-35(15-13-33)36-16-18-37(19-17-36)38-20-22-41(34(7-2)28-38)39-21-23-42(48-27-25-44(8-3,30-45)31-46)40(29-39)24-26-49-43(47)32(4)5/h12-23,28-29,45-46H,4,6-11,24-27,30-31H2,1-3,5H3. The van der Waals surface area contributed by atoms with Crippen molar-refractivity contribution in [3.8, 4) is 39.1 Å². The second-order valence-corrected chi connectivity index (χ2v) is 13.2. The normalized spacial score (nSPS) is 11.4. The first-order valence-corrected chi connectivity index (χ1v) is 17.9. The van der Waals surface area contributed by atoms with Gasteiger partial charge in [-0.1, -0.05) is 113 Å². The zero-order valence-electron chi connectivity index (χ0n) is 29.9. The molecule has 0 unspecified atom stereocenters. The molecular formula is C44H54O5. The molecule has 2 N–H and O–H groups in total. The minimum atomic E-state index is -0.575. The van der Waals surface area contributed by atoms with Gasteiger partial charge in [0, 0.05) is 17.4 Å². The highest BCUT2D eigenvalue weighted by Crippen LogP contribution is 2.34. The van der Waals surface area contributed by atoms with Gasteiger partial charge in [0.05, 0.1) is 26.4 Å². The summed E-state index contributed by atoms with van der Waals surface area (Å²) in [6, 6.07) is 30.6. The van der Waals surface area contributed by atoms with E-state index < -0.39 is 11.4 Å². The zero-order chi connectivity index (χ0) is 35.2. The first-order valence-electron chi connectivity index (χ1n) is 17.9. The molecule has 0 fully saturated rings. The minimum absolute atomic E-state index is 0.0982. The highest BCUT2D eigenvalue weighted by Gasteiger charge is 2.26. The fraction of sp³-hybridized carbons (Fsp3) is 0.386. The Hall–Kier alpha value is -4.19. The van der Waals surface area contributed by atoms with Gasteiger partial charge in [0.15, 0.2) is 0 Å². The molecule has 0 aliphatic carbocycles. The Morgan fingerprint density at radius 2 is 1.31 bits per heavy atom. The van der Waals surface area contributed by atoms with Crippen molar-refractivity contribution >= 4 is 5.97 Å². The maximum absolute atomic E-state index is 12.1. The van der Waals surface area contributed by atoms with Gasteiger partial charge in [0.1, 0.15) is 5.75 Å². The number of benzene rings is 4. The van der Waals surface area contributed by atoms with Crippen molar-refractivity contribution in [3.63, 3.8) is 0 Å². The summed E-state index contributed by atoms with van der Waals surface area (Å²) >= 11 is 0. The van der Waals surface area contributed by atoms with E-state index in [1.54, 1.807) is 6.92 Å². The molecule has 0 aromatic heterocycles. The molecule has 260 valence electrons. The first-order chi connectivity index (χ1) is 23.8. The van der Waals surface area contributed by atoms with Gasteiger partial charge in [0.2, 0.25) is 0 Å². The van der Waals surface area contributed by atoms with Crippen LogP contribution in [0.2, 0.25) is 0 Å². The number of unbranched alkanes of at least 4 members (excludes halogenated alkanes) is 2. The molecule has 0 saturated carbocycles. The zero-order valence-corrected chi connectivity index (χ0v) is 29.9. The average molecular weight is 663 g/mol. The summed E-state index contributed by atoms with van der Waals surface area (Å²) in [6.45, 7) is 12.1. The number of esters is 1. The quantitative estimate of drug-likeness (QED) is 0.0594. The Morgan fingerprint density at radius 1 is 0.714 bits per heavy atom. The van der Waals surface area contributed by atoms with Crippen molar-refractivity contribution in [2.45, 2.75) is 79.1 Å². The van der Waals surface area contributed by atoms with Crippen molar-refractivity contribution in [1.82, 2.24) is 0 Å². The summed E-state index contributed by atoms with van der Waals surface area (Å²) < 4.78 is 11.6. The number of hydrogen-bond donors (Lipinski definition) is 2. The number of aryl methyl sites for hydroxylation is 2. The van der Waals surface area contributed by atoms with E-state index in [2.05, 4.69) is 99.3 Å². The lowest BCUT2D eigenvalue weighted by Crippen LogP contribution is -2.31. The third-order valence-electron chi connectivity index (χ3n) is 9.70. The van der Waals surface area contributed by atoms with Crippen LogP contribution < -0.4 is 4.74 Å². The highest BCUT2D eigenvalue weighted by molar-refractivity contribution is 5.87. The smallest absolute Gasteiger partial charge is 0.333 e. The number of hydrogen-bond acceptors (Lipinski definition) is 5. The van der Waals surface area contributed by atoms with Crippen LogP contribution in [-0.4, -0.2) is 42.6 Å². The molecule has 0 atom stereocenters. The van der Waals surface area contributed by atoms with E-state index in [1.165, 1.54) is 52.6 Å². The van der Waals surface area contributed by atoms with Crippen LogP contribution in [0, 0.1) is 5.41 Å². The molecule has 0 radical (unpaired) electrons. The predicted molar refractivity (Wildman–Crippen MR) is 202 cm³/mol. The van der Waals surface area contributed by atoms with Crippen LogP contribution in [0.3, 0.4) is 0 Å². The Balaban J connectivity index is 1.54. The van der Waals surface area contributed by atoms with E-state index in [4.69, 9.17) is 9.47 Å². The molecule has 0 heterocycles. The van der Waals surface area contributed by atoms with E-state index in [0.717, 1.165) is 29.5 Å². The van der Waals surface area contributed by atoms with Gasteiger partial charge in [-0.2, -0.15) is 0 Å². The summed E-state index contributed by atoms with van der Waals surface area (Å²) in [5, 5.41) is 19.7. The minimum Gasteiger partial charge on any atom is -0.493 e. The van der Waals surface area contributed by atoms with Crippen molar-refractivity contribution in [2.75, 3.05) is 26.4 Å². The molecule has 0 spiro atoms. The van der Waals surface area contributed by atoms with Gasteiger partial charge in [-0.05, 0) is 101 Å². The Labute approximate surface area is 293 Å². The predicted octanol–water partition coefficient (Wildman–Crippen LogP) is 9.79. The number of aliphatic hydroxyl groups is 2. The Kier molecular flexibility index (Phi) is 14.2. The van der Waals surface area contributed by atoms with E-state index in [9.17, 15) is 15.0 Å². The number of carbonyl (C=O) groups is 1. The summed E-state index contributed by atoms with van der Waals surface area (Å²) in [4.78, 5) is 12.1. The molecule has 4 aromatic carbocycles. The molecule has 0 saturated heterocycles. The van der Waals surface area contributed by atoms with Crippen molar-refractivity contribution in [2.24, 2.45) is 5.41 Å². The van der Waals surface area contributed by atoms with Gasteiger partial charge < -0.3 is 19.7 Å². The molecule has 5 nitrogen and oxygen atoms in total. The van der Waals surface area contributed by atoms with Crippen molar-refractivity contribution in [1.29, 1.82) is 0 Å². The van der Waals surface area contributed by atoms with Gasteiger partial charge in [-0.3, -0.25) is 0 Å². The van der Waals surface area contributed by atoms with Crippen molar-refractivity contribution < 1.29 is 24.5 Å². The van der Waals surface area contributed by atoms with Crippen molar-refractivity contribution in [3.05, 3.63) is 114 Å². The molecule has 0 aliphatic rings. The summed E-state index contributed by atoms with van der Waals surface area (Å²) in [7, 11) is 0. The fourth-order valence-corrected chi connectivity index (χ4v) is 6.09. The van der Waals surface area contributed by atoms with E-state index in [-0.39, 0.29) is 19.8 Å². The van der Waals surface area contributed by atoms with Gasteiger partial charge >= 0.3 is 5.97 Å². The molecule has 4 rings (SSSR count). The van der Waals surface area contributed by atoms with Crippen LogP contribution in [0.1, 0.15) is 76.5 Å². The van der Waals surface area contributed by atoms with Crippen LogP contribution in [0.5, 0.6) is 5.75 Å². The summed E-state index contributed by atoms with van der Waals surface area (Å²) in [6.07, 6.45) is 7.44. The second-order valence-electron chi connectivity index (χ2n) is 13.2. The van der Waals surface area contributed by atoms with Crippen LogP contribution in [0.4, 0.5) is 0 Å². The number of rotatable bonds is 19. The van der Waals surface area contributed by atoms with E-state index >= 15 is 0 Å². The number of aliphatic hydroxyl groups excluding tert-OH is 2. The van der Waals surface area contributed by atoms with Gasteiger partial charge in [-0.25, -0.2) is 4.79 Å². The van der Waals surface area contributed by atoms with Gasteiger partial charge in [-0.15, -0.1) is 0 Å². The molecule has 4 aromatic rings. The number of ether oxygens (including phenoxy) is 2. The maximum Gasteiger partial charge on any atom is 0.333 e. The van der Waals surface area contributed by atoms with Crippen LogP contribution >= 0.6 is 0 Å². The Morgan fingerprint density at radius 3 is 1.90 bits per heavy atom. The summed E-state index contributed by atoms with van der Waals surface area (Å²) in [5.74, 6) is 0.293. The average Bonchev–Trinajstić information content (AvgIpc) is 3.14. The second kappa shape index (κ2) is 18.5. The molecule has 5 heteroatoms. The monoisotopic (exact) mass is 662 g/mol. The largest absolute Gasteiger partial charge is 0.493 e. The Bertz CT molecular complexity index is 1640. The SMILES string of the molecule is C=C(C)C(=O)OCCc1cc(-c2ccc(-c3ccc(-c4ccc(CCCCC)cc4)cc3)cc2CC)ccc1OCCC(CC)(CO)CO. The lowest BCUT2D eigenvalue weighted by atomic mass is 9.84. The highest BCUT2D eigenvalue weighted by atomic mass is 16.5. The molecule has 0 aliphatic heterocycles. The van der Waals surface area contributed by atoms with Gasteiger partial charge in [0.25, 0.3) is 0 Å². The first kappa shape index (κ1) is 37.6. The molecule has 0 bridgehead atoms. The molecule has 49 heavy (non-hydrogen) atoms. The summed E-state index contributed by atoms with van der Waals surface area (Å²) in [5.41, 5.74) is 10.4. The lowest BCUT2D eigenvalue weighted by Gasteiger charge is -2.28. The van der Waals surface area contributed by atoms with E-state index in [0.29, 0.717) is 37.2 Å². The van der Waals surface area contributed by atoms with Crippen LogP contribution in [0.25, 0.3) is 33.4 Å². The fourth-order valence-electron chi connectivity index (χ4n) is 6.09. The maximum atomic E-state index is 12.1. The third kappa shape index (κ3) is 10.2. The van der Waals surface area contributed by atoms with Crippen LogP contribution in [-0.2, 0) is 28.8 Å². The lowest BCUT2D eigenvalue weighted by molar-refractivity contribution is -0.138. The molecular weight excluding hydrogens is 608 g/mol. The number of carbonyl (C=O) groups excluding carboxylic acids is 1.